The topological polar surface area (TPSA) is 38.7 Å². The van der Waals surface area contributed by atoms with Gasteiger partial charge in [-0.15, -0.1) is 0 Å². The number of hydrogen-bond acceptors (Lipinski definition) is 3. The predicted molar refractivity (Wildman–Crippen MR) is 210 cm³/mol. The molecular formula is C43H41N3Si2. The minimum Gasteiger partial charge on any atom is -0.208 e. The largest absolute Gasteiger partial charge is 0.208 e. The molecule has 7 rings (SSSR count). The standard InChI is InChI=1S/C43H41N3Si2/c1-47(2,3)37-24-20-31(21-25-37)41-44-42(32-22-26-38(27-23-32)48(4,5)6)46-43(45-41)36-17-10-15-34(29-36)33-14-9-16-35(28-33)40-19-11-13-30-12-7-8-18-39(30)40/h7-29H,1-6H3. The van der Waals surface area contributed by atoms with Gasteiger partial charge in [-0.3, -0.25) is 0 Å². The van der Waals surface area contributed by atoms with Gasteiger partial charge >= 0.3 is 0 Å². The van der Waals surface area contributed by atoms with Gasteiger partial charge in [-0.05, 0) is 45.2 Å². The highest BCUT2D eigenvalue weighted by molar-refractivity contribution is 6.89. The molecule has 6 aromatic carbocycles. The number of aromatic nitrogens is 3. The van der Waals surface area contributed by atoms with E-state index in [-0.39, 0.29) is 0 Å². The lowest BCUT2D eigenvalue weighted by Crippen LogP contribution is -2.37. The Morgan fingerprint density at radius 3 is 1.31 bits per heavy atom. The van der Waals surface area contributed by atoms with Crippen LogP contribution >= 0.6 is 0 Å². The Bertz CT molecular complexity index is 2160. The molecule has 0 aliphatic rings. The van der Waals surface area contributed by atoms with Crippen molar-refractivity contribution in [1.29, 1.82) is 0 Å². The summed E-state index contributed by atoms with van der Waals surface area (Å²) < 4.78 is 0. The van der Waals surface area contributed by atoms with E-state index in [1.165, 1.54) is 32.3 Å². The van der Waals surface area contributed by atoms with Crippen molar-refractivity contribution in [2.75, 3.05) is 0 Å². The highest BCUT2D eigenvalue weighted by atomic mass is 28.3. The van der Waals surface area contributed by atoms with E-state index in [9.17, 15) is 0 Å². The molecule has 0 amide bonds. The number of rotatable bonds is 7. The van der Waals surface area contributed by atoms with E-state index in [1.54, 1.807) is 0 Å². The second-order valence-corrected chi connectivity index (χ2v) is 24.8. The van der Waals surface area contributed by atoms with Gasteiger partial charge in [-0.1, -0.05) is 177 Å². The van der Waals surface area contributed by atoms with Crippen LogP contribution < -0.4 is 10.4 Å². The summed E-state index contributed by atoms with van der Waals surface area (Å²) in [7, 11) is -2.87. The molecule has 0 saturated carbocycles. The molecule has 236 valence electrons. The molecule has 3 nitrogen and oxygen atoms in total. The predicted octanol–water partition coefficient (Wildman–Crippen LogP) is 10.5. The first-order valence-corrected chi connectivity index (χ1v) is 23.7. The molecule has 0 saturated heterocycles. The average molecular weight is 656 g/mol. The van der Waals surface area contributed by atoms with E-state index in [0.717, 1.165) is 27.8 Å². The Morgan fingerprint density at radius 2 is 0.771 bits per heavy atom. The lowest BCUT2D eigenvalue weighted by molar-refractivity contribution is 1.07. The highest BCUT2D eigenvalue weighted by Gasteiger charge is 2.19. The van der Waals surface area contributed by atoms with Crippen molar-refractivity contribution in [2.24, 2.45) is 0 Å². The van der Waals surface area contributed by atoms with Gasteiger partial charge in [-0.2, -0.15) is 0 Å². The van der Waals surface area contributed by atoms with Crippen molar-refractivity contribution >= 4 is 37.3 Å². The molecule has 48 heavy (non-hydrogen) atoms. The zero-order valence-corrected chi connectivity index (χ0v) is 30.6. The normalized spacial score (nSPS) is 12.0. The smallest absolute Gasteiger partial charge is 0.164 e. The molecule has 1 heterocycles. The van der Waals surface area contributed by atoms with Crippen LogP contribution in [0, 0.1) is 0 Å². The SMILES string of the molecule is C[Si](C)(C)c1ccc(-c2nc(-c3ccc([Si](C)(C)C)cc3)nc(-c3cccc(-c4cccc(-c5cccc6ccccc56)c4)c3)n2)cc1. The summed E-state index contributed by atoms with van der Waals surface area (Å²) >= 11 is 0. The van der Waals surface area contributed by atoms with Gasteiger partial charge in [0.2, 0.25) is 0 Å². The first kappa shape index (κ1) is 31.6. The van der Waals surface area contributed by atoms with E-state index in [2.05, 4.69) is 179 Å². The first-order valence-electron chi connectivity index (χ1n) is 16.7. The Balaban J connectivity index is 1.31. The van der Waals surface area contributed by atoms with Crippen LogP contribution in [0.5, 0.6) is 0 Å². The van der Waals surface area contributed by atoms with Crippen molar-refractivity contribution in [2.45, 2.75) is 39.3 Å². The minimum absolute atomic E-state index is 0.672. The van der Waals surface area contributed by atoms with Crippen LogP contribution in [0.25, 0.3) is 67.2 Å². The molecule has 0 N–H and O–H groups in total. The summed E-state index contributed by atoms with van der Waals surface area (Å²) in [4.78, 5) is 15.2. The fourth-order valence-corrected chi connectivity index (χ4v) is 8.52. The van der Waals surface area contributed by atoms with Gasteiger partial charge < -0.3 is 0 Å². The fourth-order valence-electron chi connectivity index (χ4n) is 6.18. The van der Waals surface area contributed by atoms with Gasteiger partial charge in [0, 0.05) is 16.7 Å². The Hall–Kier alpha value is -4.98. The van der Waals surface area contributed by atoms with Crippen LogP contribution in [-0.4, -0.2) is 31.1 Å². The number of fused-ring (bicyclic) bond motifs is 1. The quantitative estimate of drug-likeness (QED) is 0.160. The summed E-state index contributed by atoms with van der Waals surface area (Å²) in [5.74, 6) is 2.05. The summed E-state index contributed by atoms with van der Waals surface area (Å²) in [5.41, 5.74) is 7.67. The van der Waals surface area contributed by atoms with E-state index >= 15 is 0 Å². The van der Waals surface area contributed by atoms with Crippen LogP contribution in [0.4, 0.5) is 0 Å². The molecule has 0 atom stereocenters. The Kier molecular flexibility index (Phi) is 8.28. The minimum atomic E-state index is -1.43. The van der Waals surface area contributed by atoms with Gasteiger partial charge in [-0.25, -0.2) is 15.0 Å². The Labute approximate surface area is 286 Å². The zero-order chi connectivity index (χ0) is 33.5. The molecule has 1 aromatic heterocycles. The molecule has 0 fully saturated rings. The molecule has 0 unspecified atom stereocenters. The molecule has 0 bridgehead atoms. The second kappa shape index (κ2) is 12.6. The summed E-state index contributed by atoms with van der Waals surface area (Å²) in [6.45, 7) is 14.2. The highest BCUT2D eigenvalue weighted by Crippen LogP contribution is 2.33. The summed E-state index contributed by atoms with van der Waals surface area (Å²) in [6.07, 6.45) is 0. The average Bonchev–Trinajstić information content (AvgIpc) is 3.11. The monoisotopic (exact) mass is 655 g/mol. The molecule has 0 spiro atoms. The van der Waals surface area contributed by atoms with Crippen LogP contribution in [0.2, 0.25) is 39.3 Å². The van der Waals surface area contributed by atoms with Crippen molar-refractivity contribution in [3.05, 3.63) is 140 Å². The number of benzene rings is 6. The maximum absolute atomic E-state index is 5.08. The van der Waals surface area contributed by atoms with Crippen LogP contribution in [0.15, 0.2) is 140 Å². The lowest BCUT2D eigenvalue weighted by Gasteiger charge is -2.17. The van der Waals surface area contributed by atoms with Crippen LogP contribution in [0.1, 0.15) is 0 Å². The van der Waals surface area contributed by atoms with Crippen molar-refractivity contribution in [1.82, 2.24) is 15.0 Å². The van der Waals surface area contributed by atoms with E-state index in [0.29, 0.717) is 17.5 Å². The number of nitrogens with zero attached hydrogens (tertiary/aromatic N) is 3. The van der Waals surface area contributed by atoms with E-state index in [1.807, 2.05) is 0 Å². The summed E-state index contributed by atoms with van der Waals surface area (Å²) in [6, 6.07) is 50.1. The third kappa shape index (κ3) is 6.57. The molecule has 0 aliphatic carbocycles. The zero-order valence-electron chi connectivity index (χ0n) is 28.6. The Morgan fingerprint density at radius 1 is 0.354 bits per heavy atom. The fraction of sp³-hybridized carbons (Fsp3) is 0.140. The molecule has 0 radical (unpaired) electrons. The van der Waals surface area contributed by atoms with Crippen molar-refractivity contribution in [3.63, 3.8) is 0 Å². The molecular weight excluding hydrogens is 615 g/mol. The van der Waals surface area contributed by atoms with E-state index < -0.39 is 16.1 Å². The molecule has 0 aliphatic heterocycles. The maximum Gasteiger partial charge on any atom is 0.164 e. The van der Waals surface area contributed by atoms with Gasteiger partial charge in [0.25, 0.3) is 0 Å². The van der Waals surface area contributed by atoms with Gasteiger partial charge in [0.15, 0.2) is 17.5 Å². The first-order chi connectivity index (χ1) is 23.0. The van der Waals surface area contributed by atoms with Gasteiger partial charge in [0.05, 0.1) is 16.1 Å². The van der Waals surface area contributed by atoms with Crippen LogP contribution in [0.3, 0.4) is 0 Å². The van der Waals surface area contributed by atoms with E-state index in [4.69, 9.17) is 15.0 Å². The number of hydrogen-bond donors (Lipinski definition) is 0. The van der Waals surface area contributed by atoms with Gasteiger partial charge in [0.1, 0.15) is 0 Å². The third-order valence-electron chi connectivity index (χ3n) is 9.07. The molecule has 5 heteroatoms. The van der Waals surface area contributed by atoms with Crippen molar-refractivity contribution < 1.29 is 0 Å². The molecule has 7 aromatic rings. The third-order valence-corrected chi connectivity index (χ3v) is 13.2. The maximum atomic E-state index is 5.08. The van der Waals surface area contributed by atoms with Crippen LogP contribution in [-0.2, 0) is 0 Å². The second-order valence-electron chi connectivity index (χ2n) is 14.6. The van der Waals surface area contributed by atoms with Crippen molar-refractivity contribution in [3.8, 4) is 56.4 Å². The lowest BCUT2D eigenvalue weighted by atomic mass is 9.95. The summed E-state index contributed by atoms with van der Waals surface area (Å²) in [5, 5.41) is 5.34.